The van der Waals surface area contributed by atoms with Crippen molar-refractivity contribution in [3.63, 3.8) is 0 Å². The van der Waals surface area contributed by atoms with E-state index < -0.39 is 0 Å². The van der Waals surface area contributed by atoms with Crippen molar-refractivity contribution in [1.82, 2.24) is 5.32 Å². The molecule has 2 rings (SSSR count). The molecule has 2 aromatic rings. The molecule has 0 aliphatic heterocycles. The van der Waals surface area contributed by atoms with Crippen molar-refractivity contribution in [3.8, 4) is 0 Å². The van der Waals surface area contributed by atoms with E-state index in [-0.39, 0.29) is 11.9 Å². The fraction of sp³-hybridized carbons (Fsp3) is 0.267. The highest BCUT2D eigenvalue weighted by atomic mass is 79.9. The molecule has 0 fully saturated rings. The van der Waals surface area contributed by atoms with E-state index in [0.717, 1.165) is 21.5 Å². The van der Waals surface area contributed by atoms with Gasteiger partial charge in [-0.25, -0.2) is 0 Å². The number of benzene rings is 1. The molecule has 0 spiro atoms. The largest absolute Gasteiger partial charge is 0.467 e. The minimum atomic E-state index is -0.330. The van der Waals surface area contributed by atoms with Gasteiger partial charge in [0.05, 0.1) is 12.8 Å². The number of anilines is 1. The normalized spacial score (nSPS) is 11.9. The molecule has 106 valence electrons. The van der Waals surface area contributed by atoms with Gasteiger partial charge < -0.3 is 15.1 Å². The first-order valence-corrected chi connectivity index (χ1v) is 7.18. The topological polar surface area (TPSA) is 54.3 Å². The van der Waals surface area contributed by atoms with Crippen LogP contribution in [-0.4, -0.2) is 11.9 Å². The van der Waals surface area contributed by atoms with Crippen LogP contribution in [0.5, 0.6) is 0 Å². The minimum absolute atomic E-state index is 0.0751. The molecule has 0 saturated carbocycles. The average molecular weight is 337 g/mol. The van der Waals surface area contributed by atoms with Crippen molar-refractivity contribution in [2.45, 2.75) is 26.4 Å². The Hall–Kier alpha value is -1.75. The number of nitrogens with one attached hydrogen (secondary N) is 2. The SMILES string of the molecule is Cc1ccc(NC(C)C(=O)NCc2ccco2)c(Br)c1. The van der Waals surface area contributed by atoms with Gasteiger partial charge in [-0.15, -0.1) is 0 Å². The first kappa shape index (κ1) is 14.7. The van der Waals surface area contributed by atoms with Crippen LogP contribution in [0.3, 0.4) is 0 Å². The van der Waals surface area contributed by atoms with Crippen molar-refractivity contribution in [1.29, 1.82) is 0 Å². The second-order valence-corrected chi connectivity index (χ2v) is 5.50. The number of rotatable bonds is 5. The monoisotopic (exact) mass is 336 g/mol. The molecule has 0 bridgehead atoms. The fourth-order valence-electron chi connectivity index (χ4n) is 1.78. The fourth-order valence-corrected chi connectivity index (χ4v) is 2.38. The Balaban J connectivity index is 1.90. The molecule has 0 radical (unpaired) electrons. The predicted octanol–water partition coefficient (Wildman–Crippen LogP) is 3.47. The summed E-state index contributed by atoms with van der Waals surface area (Å²) in [6.45, 7) is 4.24. The van der Waals surface area contributed by atoms with Crippen molar-refractivity contribution in [2.24, 2.45) is 0 Å². The average Bonchev–Trinajstić information content (AvgIpc) is 2.92. The maximum absolute atomic E-state index is 12.0. The van der Waals surface area contributed by atoms with E-state index in [9.17, 15) is 4.79 Å². The van der Waals surface area contributed by atoms with Crippen molar-refractivity contribution in [2.75, 3.05) is 5.32 Å². The Kier molecular flexibility index (Phi) is 4.84. The van der Waals surface area contributed by atoms with Crippen LogP contribution >= 0.6 is 15.9 Å². The summed E-state index contributed by atoms with van der Waals surface area (Å²) in [7, 11) is 0. The molecule has 2 N–H and O–H groups in total. The summed E-state index contributed by atoms with van der Waals surface area (Å²) in [5, 5.41) is 6.00. The zero-order chi connectivity index (χ0) is 14.5. The van der Waals surface area contributed by atoms with Gasteiger partial charge in [-0.1, -0.05) is 6.07 Å². The van der Waals surface area contributed by atoms with E-state index in [1.165, 1.54) is 0 Å². The third kappa shape index (κ3) is 3.87. The highest BCUT2D eigenvalue weighted by molar-refractivity contribution is 9.10. The van der Waals surface area contributed by atoms with E-state index in [1.807, 2.05) is 38.1 Å². The standard InChI is InChI=1S/C15H17BrN2O2/c1-10-5-6-14(13(16)8-10)18-11(2)15(19)17-9-12-4-3-7-20-12/h3-8,11,18H,9H2,1-2H3,(H,17,19). The number of furan rings is 1. The summed E-state index contributed by atoms with van der Waals surface area (Å²) in [6.07, 6.45) is 1.59. The summed E-state index contributed by atoms with van der Waals surface area (Å²) < 4.78 is 6.12. The molecule has 1 amide bonds. The van der Waals surface area contributed by atoms with Crippen molar-refractivity contribution < 1.29 is 9.21 Å². The second-order valence-electron chi connectivity index (χ2n) is 4.65. The lowest BCUT2D eigenvalue weighted by Gasteiger charge is -2.16. The molecule has 4 nitrogen and oxygen atoms in total. The third-order valence-electron chi connectivity index (χ3n) is 2.91. The lowest BCUT2D eigenvalue weighted by Crippen LogP contribution is -2.37. The van der Waals surface area contributed by atoms with Crippen molar-refractivity contribution in [3.05, 3.63) is 52.4 Å². The smallest absolute Gasteiger partial charge is 0.242 e. The molecule has 0 aliphatic rings. The second kappa shape index (κ2) is 6.61. The molecule has 1 heterocycles. The van der Waals surface area contributed by atoms with E-state index >= 15 is 0 Å². The Morgan fingerprint density at radius 2 is 2.20 bits per heavy atom. The zero-order valence-corrected chi connectivity index (χ0v) is 13.0. The number of carbonyl (C=O) groups excluding carboxylic acids is 1. The lowest BCUT2D eigenvalue weighted by molar-refractivity contribution is -0.121. The summed E-state index contributed by atoms with van der Waals surface area (Å²) in [6, 6.07) is 9.26. The molecule has 1 aromatic heterocycles. The summed E-state index contributed by atoms with van der Waals surface area (Å²) in [5.41, 5.74) is 2.06. The number of hydrogen-bond donors (Lipinski definition) is 2. The Morgan fingerprint density at radius 3 is 2.85 bits per heavy atom. The summed E-state index contributed by atoms with van der Waals surface area (Å²) in [5.74, 6) is 0.663. The van der Waals surface area contributed by atoms with Crippen LogP contribution in [0.1, 0.15) is 18.2 Å². The lowest BCUT2D eigenvalue weighted by atomic mass is 10.2. The Morgan fingerprint density at radius 1 is 1.40 bits per heavy atom. The molecule has 0 saturated heterocycles. The predicted molar refractivity (Wildman–Crippen MR) is 82.5 cm³/mol. The van der Waals surface area contributed by atoms with Gasteiger partial charge in [0.2, 0.25) is 5.91 Å². The number of amides is 1. The molecular formula is C15H17BrN2O2. The van der Waals surface area contributed by atoms with Crippen LogP contribution in [0.15, 0.2) is 45.5 Å². The van der Waals surface area contributed by atoms with E-state index in [4.69, 9.17) is 4.42 Å². The molecule has 20 heavy (non-hydrogen) atoms. The number of aryl methyl sites for hydroxylation is 1. The summed E-state index contributed by atoms with van der Waals surface area (Å²) >= 11 is 3.49. The number of halogens is 1. The van der Waals surface area contributed by atoms with E-state index in [0.29, 0.717) is 6.54 Å². The molecule has 1 aromatic carbocycles. The maximum atomic E-state index is 12.0. The van der Waals surface area contributed by atoms with Crippen LogP contribution in [0.2, 0.25) is 0 Å². The highest BCUT2D eigenvalue weighted by Gasteiger charge is 2.13. The van der Waals surface area contributed by atoms with Crippen LogP contribution in [0, 0.1) is 6.92 Å². The maximum Gasteiger partial charge on any atom is 0.242 e. The van der Waals surface area contributed by atoms with Gasteiger partial charge in [0, 0.05) is 10.2 Å². The quantitative estimate of drug-likeness (QED) is 0.878. The molecular weight excluding hydrogens is 320 g/mol. The van der Waals surface area contributed by atoms with Gasteiger partial charge >= 0.3 is 0 Å². The van der Waals surface area contributed by atoms with Crippen LogP contribution < -0.4 is 10.6 Å². The van der Waals surface area contributed by atoms with Gasteiger partial charge in [-0.2, -0.15) is 0 Å². The molecule has 1 atom stereocenters. The van der Waals surface area contributed by atoms with Gasteiger partial charge in [-0.3, -0.25) is 4.79 Å². The van der Waals surface area contributed by atoms with Gasteiger partial charge in [0.25, 0.3) is 0 Å². The number of carbonyl (C=O) groups is 1. The minimum Gasteiger partial charge on any atom is -0.467 e. The van der Waals surface area contributed by atoms with Crippen LogP contribution in [0.25, 0.3) is 0 Å². The van der Waals surface area contributed by atoms with Gasteiger partial charge in [0.1, 0.15) is 11.8 Å². The van der Waals surface area contributed by atoms with Crippen LogP contribution in [-0.2, 0) is 11.3 Å². The molecule has 0 aliphatic carbocycles. The number of hydrogen-bond acceptors (Lipinski definition) is 3. The van der Waals surface area contributed by atoms with Crippen LogP contribution in [0.4, 0.5) is 5.69 Å². The highest BCUT2D eigenvalue weighted by Crippen LogP contribution is 2.23. The first-order chi connectivity index (χ1) is 9.56. The van der Waals surface area contributed by atoms with E-state index in [2.05, 4.69) is 26.6 Å². The molecule has 1 unspecified atom stereocenters. The van der Waals surface area contributed by atoms with Gasteiger partial charge in [0.15, 0.2) is 0 Å². The zero-order valence-electron chi connectivity index (χ0n) is 11.4. The van der Waals surface area contributed by atoms with Crippen molar-refractivity contribution >= 4 is 27.5 Å². The van der Waals surface area contributed by atoms with E-state index in [1.54, 1.807) is 12.3 Å². The Bertz CT molecular complexity index is 582. The van der Waals surface area contributed by atoms with Gasteiger partial charge in [-0.05, 0) is 59.6 Å². The molecule has 5 heteroatoms. The first-order valence-electron chi connectivity index (χ1n) is 6.39. The summed E-state index contributed by atoms with van der Waals surface area (Å²) in [4.78, 5) is 12.0. The third-order valence-corrected chi connectivity index (χ3v) is 3.56. The Labute approximate surface area is 126 Å².